The molecule has 20 heavy (non-hydrogen) atoms. The monoisotopic (exact) mass is 278 g/mol. The van der Waals surface area contributed by atoms with E-state index >= 15 is 0 Å². The molecule has 0 aliphatic rings. The van der Waals surface area contributed by atoms with Crippen molar-refractivity contribution in [1.29, 1.82) is 0 Å². The van der Waals surface area contributed by atoms with Crippen molar-refractivity contribution in [2.75, 3.05) is 14.2 Å². The second-order valence-corrected chi connectivity index (χ2v) is 5.01. The van der Waals surface area contributed by atoms with Crippen LogP contribution in [0.5, 0.6) is 11.5 Å². The van der Waals surface area contributed by atoms with Crippen molar-refractivity contribution in [3.8, 4) is 11.5 Å². The maximum atomic E-state index is 12.2. The average Bonchev–Trinajstić information content (AvgIpc) is 2.49. The molecule has 0 radical (unpaired) electrons. The lowest BCUT2D eigenvalue weighted by Crippen LogP contribution is -2.02. The third-order valence-electron chi connectivity index (χ3n) is 3.47. The number of carbonyl (C=O) groups excluding carboxylic acids is 1. The summed E-state index contributed by atoms with van der Waals surface area (Å²) in [4.78, 5) is 12.2. The molecule has 0 heterocycles. The molecule has 0 fully saturated rings. The van der Waals surface area contributed by atoms with E-state index in [1.165, 1.54) is 25.7 Å². The second kappa shape index (κ2) is 9.40. The van der Waals surface area contributed by atoms with Crippen LogP contribution in [-0.2, 0) is 0 Å². The molecular formula is C17H26O3. The zero-order chi connectivity index (χ0) is 14.8. The molecule has 0 bridgehead atoms. The highest BCUT2D eigenvalue weighted by Gasteiger charge is 2.12. The summed E-state index contributed by atoms with van der Waals surface area (Å²) in [6, 6.07) is 5.35. The first-order valence-corrected chi connectivity index (χ1v) is 7.48. The number of hydrogen-bond acceptors (Lipinski definition) is 3. The maximum Gasteiger partial charge on any atom is 0.166 e. The lowest BCUT2D eigenvalue weighted by molar-refractivity contribution is 0.0976. The van der Waals surface area contributed by atoms with E-state index in [0.717, 1.165) is 12.8 Å². The molecule has 0 amide bonds. The Balaban J connectivity index is 2.46. The van der Waals surface area contributed by atoms with Gasteiger partial charge in [-0.05, 0) is 18.6 Å². The van der Waals surface area contributed by atoms with Crippen LogP contribution in [0.15, 0.2) is 18.2 Å². The van der Waals surface area contributed by atoms with Crippen molar-refractivity contribution in [3.63, 3.8) is 0 Å². The average molecular weight is 278 g/mol. The highest BCUT2D eigenvalue weighted by Crippen LogP contribution is 2.26. The summed E-state index contributed by atoms with van der Waals surface area (Å²) in [5, 5.41) is 0. The standard InChI is InChI=1S/C17H26O3/c1-4-5-6-7-8-9-10-16(18)15-12-11-14(19-2)13-17(15)20-3/h11-13H,4-10H2,1-3H3. The van der Waals surface area contributed by atoms with E-state index in [2.05, 4.69) is 6.92 Å². The van der Waals surface area contributed by atoms with Gasteiger partial charge in [0, 0.05) is 12.5 Å². The minimum absolute atomic E-state index is 0.153. The van der Waals surface area contributed by atoms with Gasteiger partial charge in [-0.25, -0.2) is 0 Å². The number of Topliss-reactive ketones (excluding diaryl/α,β-unsaturated/α-hetero) is 1. The van der Waals surface area contributed by atoms with Gasteiger partial charge >= 0.3 is 0 Å². The first kappa shape index (κ1) is 16.5. The van der Waals surface area contributed by atoms with Gasteiger partial charge in [0.25, 0.3) is 0 Å². The fraction of sp³-hybridized carbons (Fsp3) is 0.588. The molecular weight excluding hydrogens is 252 g/mol. The summed E-state index contributed by atoms with van der Waals surface area (Å²) < 4.78 is 10.4. The molecule has 0 spiro atoms. The Labute approximate surface area is 122 Å². The largest absolute Gasteiger partial charge is 0.497 e. The molecule has 1 aromatic rings. The normalized spacial score (nSPS) is 10.3. The van der Waals surface area contributed by atoms with Crippen LogP contribution in [0, 0.1) is 0 Å². The summed E-state index contributed by atoms with van der Waals surface area (Å²) in [6.45, 7) is 2.21. The summed E-state index contributed by atoms with van der Waals surface area (Å²) in [5.41, 5.74) is 0.654. The van der Waals surface area contributed by atoms with Crippen LogP contribution >= 0.6 is 0 Å². The molecule has 1 aromatic carbocycles. The van der Waals surface area contributed by atoms with Crippen LogP contribution in [0.2, 0.25) is 0 Å². The van der Waals surface area contributed by atoms with Crippen molar-refractivity contribution in [3.05, 3.63) is 23.8 Å². The van der Waals surface area contributed by atoms with Gasteiger partial charge in [-0.15, -0.1) is 0 Å². The number of benzene rings is 1. The number of methoxy groups -OCH3 is 2. The van der Waals surface area contributed by atoms with Gasteiger partial charge in [0.1, 0.15) is 11.5 Å². The first-order chi connectivity index (χ1) is 9.72. The summed E-state index contributed by atoms with van der Waals surface area (Å²) in [5.74, 6) is 1.46. The van der Waals surface area contributed by atoms with Crippen LogP contribution in [-0.4, -0.2) is 20.0 Å². The van der Waals surface area contributed by atoms with E-state index in [1.54, 1.807) is 32.4 Å². The smallest absolute Gasteiger partial charge is 0.166 e. The van der Waals surface area contributed by atoms with Crippen molar-refractivity contribution < 1.29 is 14.3 Å². The summed E-state index contributed by atoms with van der Waals surface area (Å²) in [6.07, 6.45) is 7.72. The van der Waals surface area contributed by atoms with Crippen LogP contribution in [0.3, 0.4) is 0 Å². The Hall–Kier alpha value is -1.51. The van der Waals surface area contributed by atoms with Crippen molar-refractivity contribution >= 4 is 5.78 Å². The van der Waals surface area contributed by atoms with Crippen molar-refractivity contribution in [2.45, 2.75) is 51.9 Å². The Morgan fingerprint density at radius 2 is 1.70 bits per heavy atom. The minimum Gasteiger partial charge on any atom is -0.497 e. The number of ether oxygens (including phenoxy) is 2. The van der Waals surface area contributed by atoms with Crippen LogP contribution in [0.4, 0.5) is 0 Å². The number of unbranched alkanes of at least 4 members (excludes halogenated alkanes) is 5. The molecule has 0 N–H and O–H groups in total. The Kier molecular flexibility index (Phi) is 7.78. The highest BCUT2D eigenvalue weighted by molar-refractivity contribution is 5.98. The molecule has 0 saturated heterocycles. The number of rotatable bonds is 10. The van der Waals surface area contributed by atoms with Gasteiger partial charge in [-0.3, -0.25) is 4.79 Å². The quantitative estimate of drug-likeness (QED) is 0.462. The van der Waals surface area contributed by atoms with Gasteiger partial charge in [0.15, 0.2) is 5.78 Å². The Morgan fingerprint density at radius 3 is 2.35 bits per heavy atom. The van der Waals surface area contributed by atoms with E-state index in [1.807, 2.05) is 0 Å². The zero-order valence-corrected chi connectivity index (χ0v) is 12.9. The molecule has 0 atom stereocenters. The third-order valence-corrected chi connectivity index (χ3v) is 3.47. The van der Waals surface area contributed by atoms with Gasteiger partial charge in [0.05, 0.1) is 19.8 Å². The molecule has 3 heteroatoms. The van der Waals surface area contributed by atoms with E-state index in [9.17, 15) is 4.79 Å². The molecule has 0 saturated carbocycles. The van der Waals surface area contributed by atoms with Gasteiger partial charge in [-0.2, -0.15) is 0 Å². The maximum absolute atomic E-state index is 12.2. The number of ketones is 1. The van der Waals surface area contributed by atoms with Crippen LogP contribution < -0.4 is 9.47 Å². The summed E-state index contributed by atoms with van der Waals surface area (Å²) in [7, 11) is 3.18. The van der Waals surface area contributed by atoms with E-state index in [4.69, 9.17) is 9.47 Å². The second-order valence-electron chi connectivity index (χ2n) is 5.01. The topological polar surface area (TPSA) is 35.5 Å². The lowest BCUT2D eigenvalue weighted by Gasteiger charge is -2.09. The molecule has 0 aromatic heterocycles. The van der Waals surface area contributed by atoms with Crippen molar-refractivity contribution in [2.24, 2.45) is 0 Å². The first-order valence-electron chi connectivity index (χ1n) is 7.48. The van der Waals surface area contributed by atoms with Crippen LogP contribution in [0.1, 0.15) is 62.2 Å². The minimum atomic E-state index is 0.153. The van der Waals surface area contributed by atoms with E-state index in [-0.39, 0.29) is 5.78 Å². The number of carbonyl (C=O) groups is 1. The molecule has 0 aliphatic heterocycles. The fourth-order valence-electron chi connectivity index (χ4n) is 2.23. The SMILES string of the molecule is CCCCCCCCC(=O)c1ccc(OC)cc1OC. The van der Waals surface area contributed by atoms with E-state index < -0.39 is 0 Å². The Bertz CT molecular complexity index is 413. The molecule has 0 aliphatic carbocycles. The Morgan fingerprint density at radius 1 is 1.00 bits per heavy atom. The van der Waals surface area contributed by atoms with Crippen LogP contribution in [0.25, 0.3) is 0 Å². The molecule has 112 valence electrons. The van der Waals surface area contributed by atoms with Gasteiger partial charge in [0.2, 0.25) is 0 Å². The van der Waals surface area contributed by atoms with Gasteiger partial charge in [-0.1, -0.05) is 39.0 Å². The zero-order valence-electron chi connectivity index (χ0n) is 12.9. The molecule has 1 rings (SSSR count). The lowest BCUT2D eigenvalue weighted by atomic mass is 10.0. The van der Waals surface area contributed by atoms with Crippen molar-refractivity contribution in [1.82, 2.24) is 0 Å². The van der Waals surface area contributed by atoms with E-state index in [0.29, 0.717) is 23.5 Å². The van der Waals surface area contributed by atoms with Gasteiger partial charge < -0.3 is 9.47 Å². The molecule has 3 nitrogen and oxygen atoms in total. The fourth-order valence-corrected chi connectivity index (χ4v) is 2.23. The number of hydrogen-bond donors (Lipinski definition) is 0. The predicted octanol–water partition coefficient (Wildman–Crippen LogP) is 4.64. The predicted molar refractivity (Wildman–Crippen MR) is 81.9 cm³/mol. The molecule has 0 unspecified atom stereocenters. The third kappa shape index (κ3) is 5.24. The highest BCUT2D eigenvalue weighted by atomic mass is 16.5. The summed E-state index contributed by atoms with van der Waals surface area (Å²) >= 11 is 0.